The van der Waals surface area contributed by atoms with Crippen LogP contribution in [0, 0.1) is 0 Å². The van der Waals surface area contributed by atoms with Gasteiger partial charge in [0, 0.05) is 17.6 Å². The van der Waals surface area contributed by atoms with Gasteiger partial charge in [0.2, 0.25) is 0 Å². The lowest BCUT2D eigenvalue weighted by atomic mass is 10.3. The predicted molar refractivity (Wildman–Crippen MR) is 57.4 cm³/mol. The number of nitrogen functional groups attached to an aromatic ring is 1. The standard InChI is InChI=1S/C10H10ClN3/c11-9-5-14(7-1-2-7)10-8(9)3-6(12)4-13-10/h3-5,7H,1-2,12H2. The fourth-order valence-corrected chi connectivity index (χ4v) is 1.98. The first-order valence-corrected chi connectivity index (χ1v) is 5.05. The molecule has 2 aromatic heterocycles. The average Bonchev–Trinajstić information content (AvgIpc) is 2.94. The van der Waals surface area contributed by atoms with Gasteiger partial charge in [-0.25, -0.2) is 4.98 Å². The molecule has 0 saturated heterocycles. The summed E-state index contributed by atoms with van der Waals surface area (Å²) in [5.41, 5.74) is 7.27. The van der Waals surface area contributed by atoms with Crippen molar-refractivity contribution >= 4 is 28.3 Å². The second-order valence-electron chi connectivity index (χ2n) is 3.76. The lowest BCUT2D eigenvalue weighted by molar-refractivity contribution is 0.767. The SMILES string of the molecule is Nc1cnc2c(c1)c(Cl)cn2C1CC1. The van der Waals surface area contributed by atoms with Crippen molar-refractivity contribution in [1.29, 1.82) is 0 Å². The first kappa shape index (κ1) is 8.12. The minimum absolute atomic E-state index is 0.598. The van der Waals surface area contributed by atoms with Crippen molar-refractivity contribution in [3.63, 3.8) is 0 Å². The Labute approximate surface area is 86.5 Å². The summed E-state index contributed by atoms with van der Waals surface area (Å²) in [5, 5.41) is 1.70. The number of rotatable bonds is 1. The number of anilines is 1. The number of hydrogen-bond donors (Lipinski definition) is 1. The maximum Gasteiger partial charge on any atom is 0.141 e. The van der Waals surface area contributed by atoms with Crippen LogP contribution >= 0.6 is 11.6 Å². The van der Waals surface area contributed by atoms with Gasteiger partial charge in [0.25, 0.3) is 0 Å². The second kappa shape index (κ2) is 2.64. The van der Waals surface area contributed by atoms with Crippen molar-refractivity contribution in [1.82, 2.24) is 9.55 Å². The van der Waals surface area contributed by atoms with E-state index in [1.54, 1.807) is 6.20 Å². The molecule has 0 bridgehead atoms. The average molecular weight is 208 g/mol. The molecule has 1 aliphatic carbocycles. The van der Waals surface area contributed by atoms with Gasteiger partial charge in [0.05, 0.1) is 16.9 Å². The summed E-state index contributed by atoms with van der Waals surface area (Å²) in [4.78, 5) is 4.32. The molecule has 0 amide bonds. The van der Waals surface area contributed by atoms with E-state index in [-0.39, 0.29) is 0 Å². The van der Waals surface area contributed by atoms with Crippen LogP contribution in [0.5, 0.6) is 0 Å². The van der Waals surface area contributed by atoms with Crippen LogP contribution < -0.4 is 5.73 Å². The topological polar surface area (TPSA) is 43.8 Å². The first-order valence-electron chi connectivity index (χ1n) is 4.67. The minimum Gasteiger partial charge on any atom is -0.397 e. The lowest BCUT2D eigenvalue weighted by Crippen LogP contribution is -1.93. The quantitative estimate of drug-likeness (QED) is 0.781. The van der Waals surface area contributed by atoms with Crippen LogP contribution in [0.25, 0.3) is 11.0 Å². The Kier molecular flexibility index (Phi) is 1.53. The van der Waals surface area contributed by atoms with E-state index in [0.29, 0.717) is 11.7 Å². The van der Waals surface area contributed by atoms with Crippen molar-refractivity contribution in [2.24, 2.45) is 0 Å². The second-order valence-corrected chi connectivity index (χ2v) is 4.16. The monoisotopic (exact) mass is 207 g/mol. The molecule has 2 heterocycles. The largest absolute Gasteiger partial charge is 0.397 e. The molecule has 14 heavy (non-hydrogen) atoms. The molecule has 0 aliphatic heterocycles. The van der Waals surface area contributed by atoms with E-state index in [4.69, 9.17) is 17.3 Å². The van der Waals surface area contributed by atoms with Crippen LogP contribution in [0.1, 0.15) is 18.9 Å². The number of aromatic nitrogens is 2. The molecular weight excluding hydrogens is 198 g/mol. The number of pyridine rings is 1. The molecule has 0 atom stereocenters. The summed E-state index contributed by atoms with van der Waals surface area (Å²) in [5.74, 6) is 0. The molecule has 0 unspecified atom stereocenters. The molecular formula is C10H10ClN3. The maximum absolute atomic E-state index is 6.11. The zero-order valence-electron chi connectivity index (χ0n) is 7.57. The Morgan fingerprint density at radius 2 is 2.29 bits per heavy atom. The van der Waals surface area contributed by atoms with Crippen LogP contribution in [0.3, 0.4) is 0 Å². The maximum atomic E-state index is 6.11. The Morgan fingerprint density at radius 1 is 1.50 bits per heavy atom. The molecule has 1 aliphatic rings. The zero-order valence-corrected chi connectivity index (χ0v) is 8.33. The van der Waals surface area contributed by atoms with E-state index in [1.165, 1.54) is 12.8 Å². The van der Waals surface area contributed by atoms with Crippen LogP contribution in [0.2, 0.25) is 5.02 Å². The Morgan fingerprint density at radius 3 is 3.00 bits per heavy atom. The van der Waals surface area contributed by atoms with Crippen molar-refractivity contribution in [2.45, 2.75) is 18.9 Å². The molecule has 1 fully saturated rings. The third-order valence-corrected chi connectivity index (χ3v) is 2.88. The molecule has 0 spiro atoms. The van der Waals surface area contributed by atoms with Gasteiger partial charge >= 0.3 is 0 Å². The summed E-state index contributed by atoms with van der Waals surface area (Å²) in [6, 6.07) is 2.48. The van der Waals surface area contributed by atoms with Gasteiger partial charge in [-0.3, -0.25) is 0 Å². The summed E-state index contributed by atoms with van der Waals surface area (Å²) in [6.07, 6.45) is 6.09. The normalized spacial score (nSPS) is 16.4. The van der Waals surface area contributed by atoms with E-state index in [2.05, 4.69) is 9.55 Å². The molecule has 1 saturated carbocycles. The highest BCUT2D eigenvalue weighted by Crippen LogP contribution is 2.39. The number of nitrogens with two attached hydrogens (primary N) is 1. The number of nitrogens with zero attached hydrogens (tertiary/aromatic N) is 2. The van der Waals surface area contributed by atoms with Gasteiger partial charge in [-0.2, -0.15) is 0 Å². The Balaban J connectivity index is 2.32. The van der Waals surface area contributed by atoms with Gasteiger partial charge in [-0.05, 0) is 18.9 Å². The highest BCUT2D eigenvalue weighted by Gasteiger charge is 2.26. The van der Waals surface area contributed by atoms with Crippen molar-refractivity contribution < 1.29 is 0 Å². The molecule has 72 valence electrons. The van der Waals surface area contributed by atoms with Crippen molar-refractivity contribution in [3.8, 4) is 0 Å². The minimum atomic E-state index is 0.598. The van der Waals surface area contributed by atoms with Gasteiger partial charge in [0.15, 0.2) is 0 Å². The van der Waals surface area contributed by atoms with Gasteiger partial charge in [0.1, 0.15) is 5.65 Å². The highest BCUT2D eigenvalue weighted by atomic mass is 35.5. The van der Waals surface area contributed by atoms with Crippen LogP contribution in [-0.2, 0) is 0 Å². The lowest BCUT2D eigenvalue weighted by Gasteiger charge is -2.00. The molecule has 3 nitrogen and oxygen atoms in total. The Bertz CT molecular complexity index is 499. The van der Waals surface area contributed by atoms with Crippen LogP contribution in [-0.4, -0.2) is 9.55 Å². The van der Waals surface area contributed by atoms with E-state index < -0.39 is 0 Å². The van der Waals surface area contributed by atoms with E-state index in [1.807, 2.05) is 12.3 Å². The fraction of sp³-hybridized carbons (Fsp3) is 0.300. The number of hydrogen-bond acceptors (Lipinski definition) is 2. The van der Waals surface area contributed by atoms with Crippen molar-refractivity contribution in [3.05, 3.63) is 23.5 Å². The molecule has 2 aromatic rings. The van der Waals surface area contributed by atoms with E-state index in [0.717, 1.165) is 16.1 Å². The molecule has 0 aromatic carbocycles. The summed E-state index contributed by atoms with van der Waals surface area (Å²) < 4.78 is 2.15. The van der Waals surface area contributed by atoms with E-state index in [9.17, 15) is 0 Å². The summed E-state index contributed by atoms with van der Waals surface area (Å²) in [7, 11) is 0. The first-order chi connectivity index (χ1) is 6.75. The molecule has 2 N–H and O–H groups in total. The molecule has 4 heteroatoms. The van der Waals surface area contributed by atoms with Crippen LogP contribution in [0.4, 0.5) is 5.69 Å². The third-order valence-electron chi connectivity index (χ3n) is 2.58. The van der Waals surface area contributed by atoms with Gasteiger partial charge in [-0.15, -0.1) is 0 Å². The van der Waals surface area contributed by atoms with Gasteiger partial charge < -0.3 is 10.3 Å². The van der Waals surface area contributed by atoms with Crippen molar-refractivity contribution in [2.75, 3.05) is 5.73 Å². The van der Waals surface area contributed by atoms with E-state index >= 15 is 0 Å². The fourth-order valence-electron chi connectivity index (χ4n) is 1.74. The third kappa shape index (κ3) is 1.09. The number of halogens is 1. The predicted octanol–water partition coefficient (Wildman–Crippen LogP) is 2.61. The smallest absolute Gasteiger partial charge is 0.141 e. The summed E-state index contributed by atoms with van der Waals surface area (Å²) in [6.45, 7) is 0. The molecule has 0 radical (unpaired) electrons. The Hall–Kier alpha value is -1.22. The number of fused-ring (bicyclic) bond motifs is 1. The molecule has 3 rings (SSSR count). The van der Waals surface area contributed by atoms with Crippen LogP contribution in [0.15, 0.2) is 18.5 Å². The highest BCUT2D eigenvalue weighted by molar-refractivity contribution is 6.35. The summed E-state index contributed by atoms with van der Waals surface area (Å²) >= 11 is 6.11. The zero-order chi connectivity index (χ0) is 9.71. The van der Waals surface area contributed by atoms with Gasteiger partial charge in [-0.1, -0.05) is 11.6 Å².